The van der Waals surface area contributed by atoms with Crippen molar-refractivity contribution in [3.63, 3.8) is 0 Å². The largest absolute Gasteiger partial charge is 0.505 e. The van der Waals surface area contributed by atoms with Crippen molar-refractivity contribution in [2.24, 2.45) is 0 Å². The average molecular weight is 307 g/mol. The molecular formula is C15H36NO3Si+. The summed E-state index contributed by atoms with van der Waals surface area (Å²) in [6, 6.07) is 0.874. The molecule has 0 fully saturated rings. The summed E-state index contributed by atoms with van der Waals surface area (Å²) in [5, 5.41) is 0. The minimum atomic E-state index is -2.41. The summed E-state index contributed by atoms with van der Waals surface area (Å²) in [6.07, 6.45) is 8.11. The molecule has 0 N–H and O–H groups in total. The summed E-state index contributed by atoms with van der Waals surface area (Å²) in [4.78, 5) is 0. The molecule has 0 amide bonds. The van der Waals surface area contributed by atoms with Crippen LogP contribution in [0, 0.1) is 0 Å². The van der Waals surface area contributed by atoms with E-state index < -0.39 is 8.80 Å². The quantitative estimate of drug-likeness (QED) is 0.297. The standard InChI is InChI=1S/C15H36NO3Si/c1-7-8-9-10-11-12-13-16(2,3)14-15-20(17-4,18-5)19-6/h7-15H2,1-6H3/q+1. The van der Waals surface area contributed by atoms with Crippen LogP contribution >= 0.6 is 0 Å². The third-order valence-corrected chi connectivity index (χ3v) is 6.78. The topological polar surface area (TPSA) is 27.7 Å². The van der Waals surface area contributed by atoms with Crippen LogP contribution in [0.3, 0.4) is 0 Å². The van der Waals surface area contributed by atoms with Crippen LogP contribution in [0.4, 0.5) is 0 Å². The lowest BCUT2D eigenvalue weighted by molar-refractivity contribution is -0.888. The summed E-state index contributed by atoms with van der Waals surface area (Å²) in [7, 11) is 7.22. The summed E-state index contributed by atoms with van der Waals surface area (Å²) in [6.45, 7) is 4.52. The molecular weight excluding hydrogens is 270 g/mol. The molecule has 0 saturated carbocycles. The van der Waals surface area contributed by atoms with Crippen molar-refractivity contribution < 1.29 is 17.8 Å². The number of quaternary nitrogens is 1. The van der Waals surface area contributed by atoms with Gasteiger partial charge in [0.1, 0.15) is 0 Å². The van der Waals surface area contributed by atoms with Gasteiger partial charge in [-0.25, -0.2) is 0 Å². The van der Waals surface area contributed by atoms with Gasteiger partial charge < -0.3 is 17.8 Å². The van der Waals surface area contributed by atoms with Crippen LogP contribution < -0.4 is 0 Å². The van der Waals surface area contributed by atoms with Crippen LogP contribution in [0.5, 0.6) is 0 Å². The van der Waals surface area contributed by atoms with Crippen LogP contribution in [0.1, 0.15) is 45.4 Å². The zero-order valence-electron chi connectivity index (χ0n) is 14.5. The van der Waals surface area contributed by atoms with E-state index in [1.54, 1.807) is 21.3 Å². The van der Waals surface area contributed by atoms with Gasteiger partial charge in [0, 0.05) is 21.3 Å². The third kappa shape index (κ3) is 8.37. The Labute approximate surface area is 127 Å². The van der Waals surface area contributed by atoms with Gasteiger partial charge in [-0.2, -0.15) is 0 Å². The Kier molecular flexibility index (Phi) is 10.8. The van der Waals surface area contributed by atoms with E-state index in [0.29, 0.717) is 0 Å². The van der Waals surface area contributed by atoms with Gasteiger partial charge in [-0.3, -0.25) is 0 Å². The third-order valence-electron chi connectivity index (χ3n) is 4.07. The maximum atomic E-state index is 5.49. The molecule has 0 radical (unpaired) electrons. The predicted molar refractivity (Wildman–Crippen MR) is 86.8 cm³/mol. The van der Waals surface area contributed by atoms with E-state index in [1.807, 2.05) is 0 Å². The van der Waals surface area contributed by atoms with Crippen molar-refractivity contribution in [1.82, 2.24) is 0 Å². The van der Waals surface area contributed by atoms with E-state index in [1.165, 1.54) is 45.1 Å². The highest BCUT2D eigenvalue weighted by atomic mass is 28.4. The fraction of sp³-hybridized carbons (Fsp3) is 1.00. The van der Waals surface area contributed by atoms with Gasteiger partial charge in [-0.05, 0) is 12.8 Å². The van der Waals surface area contributed by atoms with Gasteiger partial charge >= 0.3 is 8.80 Å². The summed E-state index contributed by atoms with van der Waals surface area (Å²) < 4.78 is 17.5. The Hall–Kier alpha value is 0.0569. The molecule has 0 aliphatic rings. The fourth-order valence-corrected chi connectivity index (χ4v) is 4.42. The Morgan fingerprint density at radius 1 is 0.750 bits per heavy atom. The Balaban J connectivity index is 3.93. The predicted octanol–water partition coefficient (Wildman–Crippen LogP) is 3.30. The molecule has 0 aromatic carbocycles. The first-order valence-corrected chi connectivity index (χ1v) is 9.86. The molecule has 20 heavy (non-hydrogen) atoms. The summed E-state index contributed by atoms with van der Waals surface area (Å²) >= 11 is 0. The summed E-state index contributed by atoms with van der Waals surface area (Å²) in [5.74, 6) is 0. The van der Waals surface area contributed by atoms with Crippen molar-refractivity contribution in [2.75, 3.05) is 48.5 Å². The second kappa shape index (κ2) is 10.7. The number of nitrogens with zero attached hydrogens (tertiary/aromatic N) is 1. The van der Waals surface area contributed by atoms with Crippen molar-refractivity contribution in [2.45, 2.75) is 51.5 Å². The van der Waals surface area contributed by atoms with E-state index in [4.69, 9.17) is 13.3 Å². The highest BCUT2D eigenvalue weighted by Crippen LogP contribution is 2.16. The molecule has 0 unspecified atom stereocenters. The molecule has 0 aromatic rings. The van der Waals surface area contributed by atoms with E-state index in [-0.39, 0.29) is 0 Å². The van der Waals surface area contributed by atoms with Crippen molar-refractivity contribution in [3.05, 3.63) is 0 Å². The number of hydrogen-bond acceptors (Lipinski definition) is 3. The minimum Gasteiger partial charge on any atom is -0.377 e. The first kappa shape index (κ1) is 20.1. The van der Waals surface area contributed by atoms with Gasteiger partial charge in [0.15, 0.2) is 0 Å². The highest BCUT2D eigenvalue weighted by molar-refractivity contribution is 6.60. The maximum Gasteiger partial charge on any atom is 0.505 e. The first-order valence-electron chi connectivity index (χ1n) is 7.92. The monoisotopic (exact) mass is 306 g/mol. The number of hydrogen-bond donors (Lipinski definition) is 0. The van der Waals surface area contributed by atoms with Crippen molar-refractivity contribution in [3.8, 4) is 0 Å². The molecule has 0 aliphatic heterocycles. The van der Waals surface area contributed by atoms with Gasteiger partial charge in [0.25, 0.3) is 0 Å². The van der Waals surface area contributed by atoms with E-state index >= 15 is 0 Å². The molecule has 0 saturated heterocycles. The molecule has 0 spiro atoms. The molecule has 0 bridgehead atoms. The zero-order chi connectivity index (χ0) is 15.5. The molecule has 0 atom stereocenters. The van der Waals surface area contributed by atoms with Crippen LogP contribution in [-0.4, -0.2) is 61.8 Å². The van der Waals surface area contributed by atoms with E-state index in [0.717, 1.165) is 17.1 Å². The second-order valence-corrected chi connectivity index (χ2v) is 9.29. The van der Waals surface area contributed by atoms with Gasteiger partial charge in [-0.1, -0.05) is 32.6 Å². The minimum absolute atomic E-state index is 0.874. The van der Waals surface area contributed by atoms with Crippen molar-refractivity contribution >= 4 is 8.80 Å². The molecule has 0 aromatic heterocycles. The van der Waals surface area contributed by atoms with E-state index in [2.05, 4.69) is 21.0 Å². The van der Waals surface area contributed by atoms with Gasteiger partial charge in [0.05, 0.1) is 33.2 Å². The van der Waals surface area contributed by atoms with Crippen LogP contribution in [0.25, 0.3) is 0 Å². The fourth-order valence-electron chi connectivity index (χ4n) is 2.43. The smallest absolute Gasteiger partial charge is 0.377 e. The van der Waals surface area contributed by atoms with E-state index in [9.17, 15) is 0 Å². The van der Waals surface area contributed by atoms with Crippen LogP contribution in [0.15, 0.2) is 0 Å². The maximum absolute atomic E-state index is 5.49. The lowest BCUT2D eigenvalue weighted by atomic mass is 10.1. The normalized spacial score (nSPS) is 12.9. The highest BCUT2D eigenvalue weighted by Gasteiger charge is 2.39. The molecule has 5 heteroatoms. The first-order chi connectivity index (χ1) is 9.45. The molecule has 122 valence electrons. The van der Waals surface area contributed by atoms with Gasteiger partial charge in [0.2, 0.25) is 0 Å². The molecule has 0 aliphatic carbocycles. The molecule has 0 rings (SSSR count). The SMILES string of the molecule is CCCCCCCC[N+](C)(C)CC[Si](OC)(OC)OC. The van der Waals surface area contributed by atoms with Crippen LogP contribution in [-0.2, 0) is 13.3 Å². The molecule has 0 heterocycles. The second-order valence-electron chi connectivity index (χ2n) is 6.20. The molecule has 4 nitrogen and oxygen atoms in total. The zero-order valence-corrected chi connectivity index (χ0v) is 15.5. The summed E-state index contributed by atoms with van der Waals surface area (Å²) in [5.41, 5.74) is 0. The Morgan fingerprint density at radius 3 is 1.75 bits per heavy atom. The van der Waals surface area contributed by atoms with Crippen LogP contribution in [0.2, 0.25) is 6.04 Å². The Morgan fingerprint density at radius 2 is 1.25 bits per heavy atom. The Bertz CT molecular complexity index is 225. The van der Waals surface area contributed by atoms with Gasteiger partial charge in [-0.15, -0.1) is 0 Å². The lowest BCUT2D eigenvalue weighted by Gasteiger charge is -2.33. The van der Waals surface area contributed by atoms with Crippen molar-refractivity contribution in [1.29, 1.82) is 0 Å². The number of unbranched alkanes of at least 4 members (excludes halogenated alkanes) is 5. The number of rotatable bonds is 13. The average Bonchev–Trinajstić information content (AvgIpc) is 2.45. The lowest BCUT2D eigenvalue weighted by Crippen LogP contribution is -2.49.